The minimum Gasteiger partial charge on any atom is -0.508 e. The molecule has 0 aliphatic rings. The van der Waals surface area contributed by atoms with Gasteiger partial charge >= 0.3 is 5.97 Å². The minimum atomic E-state index is -0.624. The average Bonchev–Trinajstić information content (AvgIpc) is 2.73. The zero-order chi connectivity index (χ0) is 20.8. The molecule has 146 valence electrons. The van der Waals surface area contributed by atoms with Crippen LogP contribution in [0.2, 0.25) is 0 Å². The Bertz CT molecular complexity index is 1030. The molecule has 0 saturated carbocycles. The normalized spacial score (nSPS) is 10.2. The van der Waals surface area contributed by atoms with Crippen molar-refractivity contribution in [3.8, 4) is 16.9 Å². The number of nitrogens with two attached hydrogens (primary N) is 1. The Hall–Kier alpha value is -4.13. The smallest absolute Gasteiger partial charge is 0.338 e. The monoisotopic (exact) mass is 390 g/mol. The van der Waals surface area contributed by atoms with E-state index in [9.17, 15) is 19.5 Å². The van der Waals surface area contributed by atoms with E-state index in [1.165, 1.54) is 24.3 Å². The molecule has 0 bridgehead atoms. The maximum atomic E-state index is 12.1. The highest BCUT2D eigenvalue weighted by Gasteiger charge is 2.11. The quantitative estimate of drug-likeness (QED) is 0.559. The van der Waals surface area contributed by atoms with Gasteiger partial charge in [0.05, 0.1) is 5.56 Å². The standard InChI is InChI=1S/C22H18N2O5/c23-21(27)16-5-9-18(10-6-16)24-20(26)13-29-22(28)17-3-1-14(2-4-17)15-7-11-19(25)12-8-15/h1-12,25H,13H2,(H2,23,27)(H,24,26). The number of amides is 2. The van der Waals surface area contributed by atoms with E-state index in [1.807, 2.05) is 0 Å². The van der Waals surface area contributed by atoms with Crippen molar-refractivity contribution in [1.82, 2.24) is 0 Å². The summed E-state index contributed by atoms with van der Waals surface area (Å²) in [4.78, 5) is 35.1. The number of aromatic hydroxyl groups is 1. The van der Waals surface area contributed by atoms with Gasteiger partial charge < -0.3 is 20.9 Å². The van der Waals surface area contributed by atoms with Crippen molar-refractivity contribution in [2.45, 2.75) is 0 Å². The Morgan fingerprint density at radius 1 is 0.793 bits per heavy atom. The number of hydrogen-bond donors (Lipinski definition) is 3. The Labute approximate surface area is 166 Å². The SMILES string of the molecule is NC(=O)c1ccc(NC(=O)COC(=O)c2ccc(-c3ccc(O)cc3)cc2)cc1. The largest absolute Gasteiger partial charge is 0.508 e. The van der Waals surface area contributed by atoms with Crippen molar-refractivity contribution in [3.05, 3.63) is 83.9 Å². The van der Waals surface area contributed by atoms with Crippen molar-refractivity contribution in [2.24, 2.45) is 5.73 Å². The molecular formula is C22H18N2O5. The maximum Gasteiger partial charge on any atom is 0.338 e. The number of esters is 1. The second-order valence-corrected chi connectivity index (χ2v) is 6.19. The van der Waals surface area contributed by atoms with Crippen molar-refractivity contribution in [2.75, 3.05) is 11.9 Å². The van der Waals surface area contributed by atoms with Crippen LogP contribution in [-0.4, -0.2) is 29.5 Å². The third-order valence-corrected chi connectivity index (χ3v) is 4.11. The fraction of sp³-hybridized carbons (Fsp3) is 0.0455. The first-order chi connectivity index (χ1) is 13.9. The molecular weight excluding hydrogens is 372 g/mol. The highest BCUT2D eigenvalue weighted by Crippen LogP contribution is 2.22. The van der Waals surface area contributed by atoms with Crippen LogP contribution in [0.15, 0.2) is 72.8 Å². The molecule has 3 aromatic rings. The van der Waals surface area contributed by atoms with Gasteiger partial charge in [-0.3, -0.25) is 9.59 Å². The molecule has 4 N–H and O–H groups in total. The highest BCUT2D eigenvalue weighted by atomic mass is 16.5. The second-order valence-electron chi connectivity index (χ2n) is 6.19. The van der Waals surface area contributed by atoms with Crippen molar-refractivity contribution < 1.29 is 24.2 Å². The molecule has 0 unspecified atom stereocenters. The van der Waals surface area contributed by atoms with E-state index < -0.39 is 24.4 Å². The summed E-state index contributed by atoms with van der Waals surface area (Å²) in [5.41, 5.74) is 8.01. The Morgan fingerprint density at radius 3 is 1.86 bits per heavy atom. The lowest BCUT2D eigenvalue weighted by Crippen LogP contribution is -2.21. The number of anilines is 1. The van der Waals surface area contributed by atoms with Gasteiger partial charge in [0.1, 0.15) is 5.75 Å². The molecule has 0 atom stereocenters. The van der Waals surface area contributed by atoms with Gasteiger partial charge in [-0.15, -0.1) is 0 Å². The summed E-state index contributed by atoms with van der Waals surface area (Å²) in [7, 11) is 0. The molecule has 0 heterocycles. The van der Waals surface area contributed by atoms with Crippen LogP contribution in [0, 0.1) is 0 Å². The van der Waals surface area contributed by atoms with Gasteiger partial charge in [-0.25, -0.2) is 4.79 Å². The van der Waals surface area contributed by atoms with Crippen molar-refractivity contribution in [1.29, 1.82) is 0 Å². The lowest BCUT2D eigenvalue weighted by Gasteiger charge is -2.08. The molecule has 29 heavy (non-hydrogen) atoms. The first kappa shape index (κ1) is 19.6. The fourth-order valence-corrected chi connectivity index (χ4v) is 2.58. The number of benzene rings is 3. The molecule has 0 spiro atoms. The van der Waals surface area contributed by atoms with Gasteiger partial charge in [-0.05, 0) is 59.7 Å². The number of nitrogens with one attached hydrogen (secondary N) is 1. The van der Waals surface area contributed by atoms with Crippen LogP contribution >= 0.6 is 0 Å². The van der Waals surface area contributed by atoms with Crippen molar-refractivity contribution in [3.63, 3.8) is 0 Å². The Kier molecular flexibility index (Phi) is 5.89. The van der Waals surface area contributed by atoms with E-state index in [4.69, 9.17) is 10.5 Å². The molecule has 7 nitrogen and oxygen atoms in total. The number of rotatable bonds is 6. The van der Waals surface area contributed by atoms with Crippen molar-refractivity contribution >= 4 is 23.5 Å². The lowest BCUT2D eigenvalue weighted by molar-refractivity contribution is -0.119. The predicted octanol–water partition coefficient (Wildman–Crippen LogP) is 2.95. The van der Waals surface area contributed by atoms with Gasteiger partial charge in [0.15, 0.2) is 6.61 Å². The zero-order valence-corrected chi connectivity index (χ0v) is 15.3. The minimum absolute atomic E-state index is 0.177. The Morgan fingerprint density at radius 2 is 1.31 bits per heavy atom. The number of phenolic OH excluding ortho intramolecular Hbond substituents is 1. The van der Waals surface area contributed by atoms with E-state index in [2.05, 4.69) is 5.32 Å². The van der Waals surface area contributed by atoms with Gasteiger partial charge in [-0.2, -0.15) is 0 Å². The maximum absolute atomic E-state index is 12.1. The van der Waals surface area contributed by atoms with Gasteiger partial charge in [0.2, 0.25) is 5.91 Å². The third kappa shape index (κ3) is 5.20. The number of ether oxygens (including phenoxy) is 1. The average molecular weight is 390 g/mol. The lowest BCUT2D eigenvalue weighted by atomic mass is 10.0. The topological polar surface area (TPSA) is 119 Å². The van der Waals surface area contributed by atoms with Crippen LogP contribution in [0.5, 0.6) is 5.75 Å². The van der Waals surface area contributed by atoms with Crippen LogP contribution in [0.1, 0.15) is 20.7 Å². The van der Waals surface area contributed by atoms with Crippen LogP contribution in [0.4, 0.5) is 5.69 Å². The molecule has 0 radical (unpaired) electrons. The molecule has 0 fully saturated rings. The van der Waals surface area contributed by atoms with Gasteiger partial charge in [0.25, 0.3) is 5.91 Å². The second kappa shape index (κ2) is 8.71. The summed E-state index contributed by atoms with van der Waals surface area (Å²) in [6, 6.07) is 19.4. The molecule has 0 aliphatic heterocycles. The highest BCUT2D eigenvalue weighted by molar-refractivity contribution is 5.97. The number of primary amides is 1. The van der Waals surface area contributed by atoms with Crippen LogP contribution in [0.25, 0.3) is 11.1 Å². The van der Waals surface area contributed by atoms with E-state index in [-0.39, 0.29) is 5.75 Å². The van der Waals surface area contributed by atoms with E-state index >= 15 is 0 Å². The molecule has 3 rings (SSSR count). The van der Waals surface area contributed by atoms with Crippen LogP contribution in [-0.2, 0) is 9.53 Å². The Balaban J connectivity index is 1.54. The summed E-state index contributed by atoms with van der Waals surface area (Å²) in [5.74, 6) is -1.52. The zero-order valence-electron chi connectivity index (χ0n) is 15.3. The molecule has 3 aromatic carbocycles. The van der Waals surface area contributed by atoms with E-state index in [0.29, 0.717) is 16.8 Å². The van der Waals surface area contributed by atoms with Gasteiger partial charge in [-0.1, -0.05) is 24.3 Å². The van der Waals surface area contributed by atoms with Crippen LogP contribution in [0.3, 0.4) is 0 Å². The molecule has 7 heteroatoms. The summed E-state index contributed by atoms with van der Waals surface area (Å²) in [6.45, 7) is -0.448. The predicted molar refractivity (Wildman–Crippen MR) is 107 cm³/mol. The summed E-state index contributed by atoms with van der Waals surface area (Å²) < 4.78 is 5.03. The molecule has 0 aliphatic carbocycles. The molecule has 0 saturated heterocycles. The third-order valence-electron chi connectivity index (χ3n) is 4.11. The molecule has 2 amide bonds. The number of carbonyl (C=O) groups is 3. The van der Waals surface area contributed by atoms with E-state index in [0.717, 1.165) is 11.1 Å². The summed E-state index contributed by atoms with van der Waals surface area (Å²) in [6.07, 6.45) is 0. The fourth-order valence-electron chi connectivity index (χ4n) is 2.58. The summed E-state index contributed by atoms with van der Waals surface area (Å²) >= 11 is 0. The van der Waals surface area contributed by atoms with E-state index in [1.54, 1.807) is 48.5 Å². The van der Waals surface area contributed by atoms with Gasteiger partial charge in [0, 0.05) is 11.3 Å². The number of hydrogen-bond acceptors (Lipinski definition) is 5. The first-order valence-electron chi connectivity index (χ1n) is 8.69. The summed E-state index contributed by atoms with van der Waals surface area (Å²) in [5, 5.41) is 11.9. The number of phenols is 1. The molecule has 0 aromatic heterocycles. The van der Waals surface area contributed by atoms with Crippen LogP contribution < -0.4 is 11.1 Å². The number of carbonyl (C=O) groups excluding carboxylic acids is 3. The first-order valence-corrected chi connectivity index (χ1v) is 8.69.